The van der Waals surface area contributed by atoms with Gasteiger partial charge in [-0.05, 0) is 33.0 Å². The number of nitrogens with one attached hydrogen (secondary N) is 1. The fourth-order valence-corrected chi connectivity index (χ4v) is 2.72. The largest absolute Gasteiger partial charge is 0.323 e. The molecule has 1 aliphatic rings. The molecule has 1 unspecified atom stereocenters. The van der Waals surface area contributed by atoms with E-state index in [0.29, 0.717) is 0 Å². The van der Waals surface area contributed by atoms with Crippen molar-refractivity contribution in [1.82, 2.24) is 9.69 Å². The van der Waals surface area contributed by atoms with Gasteiger partial charge in [0.1, 0.15) is 0 Å². The third-order valence-corrected chi connectivity index (χ3v) is 3.67. The maximum absolute atomic E-state index is 5.81. The molecule has 0 aromatic carbocycles. The van der Waals surface area contributed by atoms with Crippen molar-refractivity contribution >= 4 is 33.0 Å². The molecular weight excluding hydrogens is 250 g/mol. The van der Waals surface area contributed by atoms with Gasteiger partial charge in [-0.25, -0.2) is 0 Å². The molecule has 0 saturated heterocycles. The summed E-state index contributed by atoms with van der Waals surface area (Å²) in [5, 5.41) is 3.26. The Kier molecular flexibility index (Phi) is 2.78. The zero-order chi connectivity index (χ0) is 9.26. The van der Waals surface area contributed by atoms with Gasteiger partial charge in [0.2, 0.25) is 0 Å². The molecule has 3 N–H and O–H groups in total. The van der Waals surface area contributed by atoms with Crippen LogP contribution in [0.15, 0.2) is 16.7 Å². The molecule has 0 amide bonds. The molecule has 1 aromatic heterocycles. The van der Waals surface area contributed by atoms with Crippen LogP contribution < -0.4 is 11.1 Å². The van der Waals surface area contributed by atoms with E-state index in [1.54, 1.807) is 0 Å². The Labute approximate surface area is 89.3 Å². The lowest BCUT2D eigenvalue weighted by Gasteiger charge is -2.18. The van der Waals surface area contributed by atoms with Gasteiger partial charge in [0.05, 0.1) is 15.5 Å². The summed E-state index contributed by atoms with van der Waals surface area (Å²) >= 11 is 4.96. The maximum atomic E-state index is 5.81. The van der Waals surface area contributed by atoms with Gasteiger partial charge in [-0.1, -0.05) is 6.08 Å². The third kappa shape index (κ3) is 1.99. The Balaban J connectivity index is 2.30. The molecule has 1 aliphatic heterocycles. The lowest BCUT2D eigenvalue weighted by molar-refractivity contribution is 0.663. The quantitative estimate of drug-likeness (QED) is 0.798. The SMILES string of the molecule is NC1C=C(c2sncc2Br)CNC1. The van der Waals surface area contributed by atoms with E-state index in [0.717, 1.165) is 17.6 Å². The molecule has 0 fully saturated rings. The van der Waals surface area contributed by atoms with Gasteiger partial charge in [0.15, 0.2) is 0 Å². The van der Waals surface area contributed by atoms with Gasteiger partial charge in [0, 0.05) is 19.1 Å². The second-order valence-electron chi connectivity index (χ2n) is 2.99. The van der Waals surface area contributed by atoms with E-state index >= 15 is 0 Å². The van der Waals surface area contributed by atoms with E-state index in [1.807, 2.05) is 6.20 Å². The summed E-state index contributed by atoms with van der Waals surface area (Å²) in [5.41, 5.74) is 7.05. The molecule has 13 heavy (non-hydrogen) atoms. The summed E-state index contributed by atoms with van der Waals surface area (Å²) in [6, 6.07) is 0.123. The van der Waals surface area contributed by atoms with E-state index < -0.39 is 0 Å². The third-order valence-electron chi connectivity index (χ3n) is 1.93. The molecule has 2 rings (SSSR count). The van der Waals surface area contributed by atoms with Gasteiger partial charge in [0.25, 0.3) is 0 Å². The predicted octanol–water partition coefficient (Wildman–Crippen LogP) is 1.22. The lowest BCUT2D eigenvalue weighted by atomic mass is 10.1. The second-order valence-corrected chi connectivity index (χ2v) is 4.65. The minimum absolute atomic E-state index is 0.123. The lowest BCUT2D eigenvalue weighted by Crippen LogP contribution is -2.37. The second kappa shape index (κ2) is 3.88. The van der Waals surface area contributed by atoms with Crippen molar-refractivity contribution in [3.8, 4) is 0 Å². The summed E-state index contributed by atoms with van der Waals surface area (Å²) in [6.07, 6.45) is 3.93. The minimum atomic E-state index is 0.123. The van der Waals surface area contributed by atoms with Gasteiger partial charge in [-0.3, -0.25) is 0 Å². The van der Waals surface area contributed by atoms with Crippen LogP contribution in [0.5, 0.6) is 0 Å². The van der Waals surface area contributed by atoms with Crippen LogP contribution in [-0.2, 0) is 0 Å². The van der Waals surface area contributed by atoms with E-state index in [9.17, 15) is 0 Å². The summed E-state index contributed by atoms with van der Waals surface area (Å²) in [7, 11) is 0. The van der Waals surface area contributed by atoms with Crippen molar-refractivity contribution in [3.63, 3.8) is 0 Å². The van der Waals surface area contributed by atoms with Crippen LogP contribution in [0, 0.1) is 0 Å². The molecule has 0 saturated carbocycles. The Morgan fingerprint density at radius 3 is 3.15 bits per heavy atom. The number of hydrogen-bond acceptors (Lipinski definition) is 4. The molecule has 0 aliphatic carbocycles. The molecule has 70 valence electrons. The highest BCUT2D eigenvalue weighted by molar-refractivity contribution is 9.10. The summed E-state index contributed by atoms with van der Waals surface area (Å²) in [6.45, 7) is 1.74. The maximum Gasteiger partial charge on any atom is 0.0662 e. The molecule has 1 atom stereocenters. The molecule has 5 heteroatoms. The summed E-state index contributed by atoms with van der Waals surface area (Å²) < 4.78 is 5.16. The fraction of sp³-hybridized carbons (Fsp3) is 0.375. The molecule has 0 spiro atoms. The Bertz CT molecular complexity index is 334. The van der Waals surface area contributed by atoms with Crippen molar-refractivity contribution < 1.29 is 0 Å². The average Bonchev–Trinajstić information content (AvgIpc) is 2.51. The van der Waals surface area contributed by atoms with Gasteiger partial charge < -0.3 is 11.1 Å². The van der Waals surface area contributed by atoms with E-state index in [-0.39, 0.29) is 6.04 Å². The molecule has 0 radical (unpaired) electrons. The molecular formula is C8H10BrN3S. The van der Waals surface area contributed by atoms with Crippen molar-refractivity contribution in [2.75, 3.05) is 13.1 Å². The van der Waals surface area contributed by atoms with Crippen LogP contribution in [0.25, 0.3) is 5.57 Å². The first-order chi connectivity index (χ1) is 6.27. The van der Waals surface area contributed by atoms with Crippen molar-refractivity contribution in [1.29, 1.82) is 0 Å². The van der Waals surface area contributed by atoms with Gasteiger partial charge in [-0.15, -0.1) is 0 Å². The predicted molar refractivity (Wildman–Crippen MR) is 58.6 cm³/mol. The highest BCUT2D eigenvalue weighted by Crippen LogP contribution is 2.28. The standard InChI is InChI=1S/C8H10BrN3S/c9-7-4-12-13-8(7)5-1-6(10)3-11-2-5/h1,4,6,11H,2-3,10H2. The van der Waals surface area contributed by atoms with Crippen LogP contribution in [0.3, 0.4) is 0 Å². The summed E-state index contributed by atoms with van der Waals surface area (Å²) in [5.74, 6) is 0. The molecule has 1 aromatic rings. The average molecular weight is 260 g/mol. The zero-order valence-corrected chi connectivity index (χ0v) is 9.36. The highest BCUT2D eigenvalue weighted by Gasteiger charge is 2.14. The minimum Gasteiger partial charge on any atom is -0.323 e. The van der Waals surface area contributed by atoms with E-state index in [2.05, 4.69) is 31.7 Å². The molecule has 2 heterocycles. The van der Waals surface area contributed by atoms with Crippen LogP contribution in [0.2, 0.25) is 0 Å². The smallest absolute Gasteiger partial charge is 0.0662 e. The van der Waals surface area contributed by atoms with Crippen molar-refractivity contribution in [2.24, 2.45) is 5.73 Å². The number of hydrogen-bond donors (Lipinski definition) is 2. The van der Waals surface area contributed by atoms with Gasteiger partial charge in [-0.2, -0.15) is 4.37 Å². The monoisotopic (exact) mass is 259 g/mol. The van der Waals surface area contributed by atoms with Crippen LogP contribution in [0.1, 0.15) is 4.88 Å². The highest BCUT2D eigenvalue weighted by atomic mass is 79.9. The van der Waals surface area contributed by atoms with Crippen LogP contribution in [0.4, 0.5) is 0 Å². The number of aromatic nitrogens is 1. The number of nitrogens with zero attached hydrogens (tertiary/aromatic N) is 1. The summed E-state index contributed by atoms with van der Waals surface area (Å²) in [4.78, 5) is 1.18. The molecule has 3 nitrogen and oxygen atoms in total. The Hall–Kier alpha value is -0.230. The number of halogens is 1. The normalized spacial score (nSPS) is 22.9. The Morgan fingerprint density at radius 2 is 2.54 bits per heavy atom. The van der Waals surface area contributed by atoms with E-state index in [4.69, 9.17) is 5.73 Å². The molecule has 0 bridgehead atoms. The fourth-order valence-electron chi connectivity index (χ4n) is 1.35. The first-order valence-corrected chi connectivity index (χ1v) is 5.61. The number of rotatable bonds is 1. The van der Waals surface area contributed by atoms with E-state index in [1.165, 1.54) is 22.0 Å². The first kappa shape index (κ1) is 9.33. The van der Waals surface area contributed by atoms with Crippen molar-refractivity contribution in [3.05, 3.63) is 21.6 Å². The zero-order valence-electron chi connectivity index (χ0n) is 6.96. The topological polar surface area (TPSA) is 50.9 Å². The Morgan fingerprint density at radius 1 is 1.69 bits per heavy atom. The first-order valence-electron chi connectivity index (χ1n) is 4.05. The number of nitrogens with two attached hydrogens (primary N) is 1. The van der Waals surface area contributed by atoms with Crippen LogP contribution >= 0.6 is 27.5 Å². The van der Waals surface area contributed by atoms with Gasteiger partial charge >= 0.3 is 0 Å². The van der Waals surface area contributed by atoms with Crippen LogP contribution in [-0.4, -0.2) is 23.5 Å². The van der Waals surface area contributed by atoms with Crippen molar-refractivity contribution in [2.45, 2.75) is 6.04 Å².